The molecule has 0 spiro atoms. The van der Waals surface area contributed by atoms with Gasteiger partial charge in [-0.05, 0) is 47.9 Å². The van der Waals surface area contributed by atoms with Gasteiger partial charge in [-0.1, -0.05) is 28.1 Å². The largest absolute Gasteiger partial charge is 0.496 e. The van der Waals surface area contributed by atoms with Gasteiger partial charge in [-0.2, -0.15) is 0 Å². The molecule has 0 aromatic heterocycles. The van der Waals surface area contributed by atoms with Gasteiger partial charge in [0.1, 0.15) is 11.6 Å². The molecule has 1 atom stereocenters. The predicted molar refractivity (Wildman–Crippen MR) is 77.9 cm³/mol. The van der Waals surface area contributed by atoms with Crippen LogP contribution in [0.25, 0.3) is 0 Å². The standard InChI is InChI=1S/C15H15BrFNO/c1-9-5-10(3-4-14(9)19-2)15(18)11-6-12(16)8-13(17)7-11/h3-8,15H,18H2,1-2H3. The molecule has 0 aliphatic carbocycles. The molecule has 1 unspecified atom stereocenters. The molecule has 0 saturated heterocycles. The van der Waals surface area contributed by atoms with Crippen molar-refractivity contribution in [3.8, 4) is 5.75 Å². The average molecular weight is 324 g/mol. The Morgan fingerprint density at radius 3 is 2.47 bits per heavy atom. The molecule has 2 N–H and O–H groups in total. The van der Waals surface area contributed by atoms with Crippen LogP contribution in [-0.2, 0) is 0 Å². The molecule has 2 aromatic carbocycles. The third-order valence-electron chi connectivity index (χ3n) is 3.02. The van der Waals surface area contributed by atoms with Crippen molar-refractivity contribution in [2.45, 2.75) is 13.0 Å². The minimum atomic E-state index is -0.364. The highest BCUT2D eigenvalue weighted by molar-refractivity contribution is 9.10. The number of hydrogen-bond acceptors (Lipinski definition) is 2. The van der Waals surface area contributed by atoms with E-state index in [0.717, 1.165) is 22.4 Å². The lowest BCUT2D eigenvalue weighted by molar-refractivity contribution is 0.411. The molecule has 0 heterocycles. The zero-order chi connectivity index (χ0) is 14.0. The van der Waals surface area contributed by atoms with Gasteiger partial charge in [0.15, 0.2) is 0 Å². The van der Waals surface area contributed by atoms with Gasteiger partial charge < -0.3 is 10.5 Å². The zero-order valence-electron chi connectivity index (χ0n) is 10.8. The number of rotatable bonds is 3. The topological polar surface area (TPSA) is 35.2 Å². The van der Waals surface area contributed by atoms with Crippen LogP contribution in [0.15, 0.2) is 40.9 Å². The van der Waals surface area contributed by atoms with E-state index >= 15 is 0 Å². The van der Waals surface area contributed by atoms with Crippen molar-refractivity contribution in [2.24, 2.45) is 5.73 Å². The summed E-state index contributed by atoms with van der Waals surface area (Å²) >= 11 is 3.28. The first-order chi connectivity index (χ1) is 9.01. The number of hydrogen-bond donors (Lipinski definition) is 1. The van der Waals surface area contributed by atoms with Crippen LogP contribution in [0.2, 0.25) is 0 Å². The summed E-state index contributed by atoms with van der Waals surface area (Å²) in [6.07, 6.45) is 0. The molecule has 19 heavy (non-hydrogen) atoms. The number of benzene rings is 2. The summed E-state index contributed by atoms with van der Waals surface area (Å²) in [5.41, 5.74) is 8.85. The first-order valence-corrected chi connectivity index (χ1v) is 6.66. The van der Waals surface area contributed by atoms with Crippen LogP contribution < -0.4 is 10.5 Å². The van der Waals surface area contributed by atoms with E-state index < -0.39 is 0 Å². The fourth-order valence-corrected chi connectivity index (χ4v) is 2.53. The van der Waals surface area contributed by atoms with Gasteiger partial charge in [0.05, 0.1) is 13.2 Å². The van der Waals surface area contributed by atoms with Crippen molar-refractivity contribution in [1.29, 1.82) is 0 Å². The molecule has 0 amide bonds. The third kappa shape index (κ3) is 3.14. The first kappa shape index (κ1) is 14.0. The first-order valence-electron chi connectivity index (χ1n) is 5.87. The van der Waals surface area contributed by atoms with Crippen LogP contribution in [0.3, 0.4) is 0 Å². The van der Waals surface area contributed by atoms with Gasteiger partial charge in [0, 0.05) is 4.47 Å². The number of aryl methyl sites for hydroxylation is 1. The van der Waals surface area contributed by atoms with Gasteiger partial charge in [0.2, 0.25) is 0 Å². The van der Waals surface area contributed by atoms with Crippen molar-refractivity contribution < 1.29 is 9.13 Å². The highest BCUT2D eigenvalue weighted by Crippen LogP contribution is 2.27. The van der Waals surface area contributed by atoms with Gasteiger partial charge in [0.25, 0.3) is 0 Å². The Morgan fingerprint density at radius 1 is 1.16 bits per heavy atom. The Kier molecular flexibility index (Phi) is 4.22. The molecule has 4 heteroatoms. The predicted octanol–water partition coefficient (Wildman–Crippen LogP) is 3.95. The second-order valence-electron chi connectivity index (χ2n) is 4.41. The average Bonchev–Trinajstić information content (AvgIpc) is 2.36. The molecular weight excluding hydrogens is 309 g/mol. The van der Waals surface area contributed by atoms with E-state index in [1.165, 1.54) is 12.1 Å². The quantitative estimate of drug-likeness (QED) is 0.928. The molecule has 0 aliphatic heterocycles. The minimum absolute atomic E-state index is 0.301. The van der Waals surface area contributed by atoms with E-state index in [-0.39, 0.29) is 11.9 Å². The van der Waals surface area contributed by atoms with Crippen molar-refractivity contribution in [2.75, 3.05) is 7.11 Å². The summed E-state index contributed by atoms with van der Waals surface area (Å²) in [7, 11) is 1.63. The lowest BCUT2D eigenvalue weighted by atomic mass is 9.98. The van der Waals surface area contributed by atoms with Crippen LogP contribution in [-0.4, -0.2) is 7.11 Å². The molecule has 100 valence electrons. The number of methoxy groups -OCH3 is 1. The van der Waals surface area contributed by atoms with Crippen LogP contribution in [0.4, 0.5) is 4.39 Å². The summed E-state index contributed by atoms with van der Waals surface area (Å²) in [6.45, 7) is 1.95. The Balaban J connectivity index is 2.38. The normalized spacial score (nSPS) is 12.3. The number of ether oxygens (including phenoxy) is 1. The van der Waals surface area contributed by atoms with Gasteiger partial charge in [-0.25, -0.2) is 4.39 Å². The van der Waals surface area contributed by atoms with Crippen molar-refractivity contribution in [3.63, 3.8) is 0 Å². The van der Waals surface area contributed by atoms with E-state index in [1.54, 1.807) is 7.11 Å². The zero-order valence-corrected chi connectivity index (χ0v) is 12.4. The van der Waals surface area contributed by atoms with Crippen LogP contribution >= 0.6 is 15.9 Å². The monoisotopic (exact) mass is 323 g/mol. The van der Waals surface area contributed by atoms with Crippen LogP contribution in [0.5, 0.6) is 5.75 Å². The lowest BCUT2D eigenvalue weighted by Crippen LogP contribution is -2.12. The summed E-state index contributed by atoms with van der Waals surface area (Å²) < 4.78 is 19.3. The maximum atomic E-state index is 13.4. The van der Waals surface area contributed by atoms with E-state index in [9.17, 15) is 4.39 Å². The molecule has 2 rings (SSSR count). The van der Waals surface area contributed by atoms with E-state index in [4.69, 9.17) is 10.5 Å². The van der Waals surface area contributed by atoms with Crippen molar-refractivity contribution in [1.82, 2.24) is 0 Å². The highest BCUT2D eigenvalue weighted by Gasteiger charge is 2.12. The molecule has 2 nitrogen and oxygen atoms in total. The minimum Gasteiger partial charge on any atom is -0.496 e. The second kappa shape index (κ2) is 5.72. The molecule has 2 aromatic rings. The lowest BCUT2D eigenvalue weighted by Gasteiger charge is -2.15. The van der Waals surface area contributed by atoms with Gasteiger partial charge >= 0.3 is 0 Å². The highest BCUT2D eigenvalue weighted by atomic mass is 79.9. The summed E-state index contributed by atoms with van der Waals surface area (Å²) in [5.74, 6) is 0.515. The van der Waals surface area contributed by atoms with Crippen molar-refractivity contribution in [3.05, 3.63) is 63.4 Å². The summed E-state index contributed by atoms with van der Waals surface area (Å²) in [6, 6.07) is 10.1. The summed E-state index contributed by atoms with van der Waals surface area (Å²) in [4.78, 5) is 0. The fraction of sp³-hybridized carbons (Fsp3) is 0.200. The van der Waals surface area contributed by atoms with Gasteiger partial charge in [-0.15, -0.1) is 0 Å². The Hall–Kier alpha value is -1.39. The maximum absolute atomic E-state index is 13.4. The maximum Gasteiger partial charge on any atom is 0.124 e. The third-order valence-corrected chi connectivity index (χ3v) is 3.48. The Bertz CT molecular complexity index is 580. The second-order valence-corrected chi connectivity index (χ2v) is 5.33. The molecule has 0 bridgehead atoms. The summed E-state index contributed by atoms with van der Waals surface area (Å²) in [5, 5.41) is 0. The fourth-order valence-electron chi connectivity index (χ4n) is 2.04. The molecule has 0 fully saturated rings. The van der Waals surface area contributed by atoms with Gasteiger partial charge in [-0.3, -0.25) is 0 Å². The number of halogens is 2. The number of nitrogens with two attached hydrogens (primary N) is 1. The van der Waals surface area contributed by atoms with Crippen LogP contribution in [0, 0.1) is 12.7 Å². The Morgan fingerprint density at radius 2 is 1.89 bits per heavy atom. The molecule has 0 saturated carbocycles. The SMILES string of the molecule is COc1ccc(C(N)c2cc(F)cc(Br)c2)cc1C. The van der Waals surface area contributed by atoms with Crippen LogP contribution in [0.1, 0.15) is 22.7 Å². The molecular formula is C15H15BrFNO. The Labute approximate surface area is 120 Å². The van der Waals surface area contributed by atoms with Crippen molar-refractivity contribution >= 4 is 15.9 Å². The van der Waals surface area contributed by atoms with E-state index in [2.05, 4.69) is 15.9 Å². The smallest absolute Gasteiger partial charge is 0.124 e. The molecule has 0 radical (unpaired) electrons. The molecule has 0 aliphatic rings. The van der Waals surface area contributed by atoms with E-state index in [1.807, 2.05) is 31.2 Å². The van der Waals surface area contributed by atoms with E-state index in [0.29, 0.717) is 4.47 Å².